The first-order valence-corrected chi connectivity index (χ1v) is 6.39. The smallest absolute Gasteiger partial charge is 0.339 e. The number of nitrogens with zero attached hydrogens (tertiary/aromatic N) is 2. The molecule has 4 N–H and O–H groups in total. The third-order valence-electron chi connectivity index (χ3n) is 2.35. The number of anilines is 2. The van der Waals surface area contributed by atoms with E-state index in [1.54, 1.807) is 17.5 Å². The predicted molar refractivity (Wildman–Crippen MR) is 77.7 cm³/mol. The Balaban J connectivity index is 2.11. The lowest BCUT2D eigenvalue weighted by Crippen LogP contribution is -2.01. The maximum absolute atomic E-state index is 10.9. The van der Waals surface area contributed by atoms with Gasteiger partial charge < -0.3 is 15.6 Å². The number of aromatic nitrogens is 1. The quantitative estimate of drug-likeness (QED) is 0.573. The van der Waals surface area contributed by atoms with Crippen molar-refractivity contribution in [1.29, 1.82) is 0 Å². The number of hydrogen-bond donors (Lipinski definition) is 3. The first-order chi connectivity index (χ1) is 9.60. The maximum atomic E-state index is 10.9. The summed E-state index contributed by atoms with van der Waals surface area (Å²) in [4.78, 5) is 14.9. The summed E-state index contributed by atoms with van der Waals surface area (Å²) in [6, 6.07) is 4.68. The van der Waals surface area contributed by atoms with Crippen molar-refractivity contribution in [3.05, 3.63) is 34.7 Å². The van der Waals surface area contributed by atoms with E-state index in [2.05, 4.69) is 15.5 Å². The molecule has 0 radical (unpaired) electrons. The van der Waals surface area contributed by atoms with Crippen LogP contribution in [0.3, 0.4) is 0 Å². The minimum Gasteiger partial charge on any atom is -0.496 e. The molecule has 104 valence electrons. The Morgan fingerprint density at radius 3 is 3.00 bits per heavy atom. The third-order valence-corrected chi connectivity index (χ3v) is 3.12. The van der Waals surface area contributed by atoms with Crippen LogP contribution in [-0.4, -0.2) is 29.4 Å². The highest BCUT2D eigenvalue weighted by molar-refractivity contribution is 7.14. The van der Waals surface area contributed by atoms with Crippen LogP contribution in [0.25, 0.3) is 0 Å². The monoisotopic (exact) mass is 292 g/mol. The summed E-state index contributed by atoms with van der Waals surface area (Å²) in [6.07, 6.45) is 1.53. The lowest BCUT2D eigenvalue weighted by molar-refractivity contribution is 0.0693. The molecule has 2 rings (SSSR count). The van der Waals surface area contributed by atoms with E-state index < -0.39 is 5.97 Å². The van der Waals surface area contributed by atoms with Gasteiger partial charge in [0.2, 0.25) is 5.13 Å². The summed E-state index contributed by atoms with van der Waals surface area (Å²) < 4.78 is 5.03. The fourth-order valence-electron chi connectivity index (χ4n) is 1.46. The van der Waals surface area contributed by atoms with E-state index in [-0.39, 0.29) is 11.3 Å². The molecule has 0 fully saturated rings. The van der Waals surface area contributed by atoms with Crippen molar-refractivity contribution >= 4 is 34.5 Å². The molecule has 0 aliphatic heterocycles. The molecule has 0 saturated carbocycles. The van der Waals surface area contributed by atoms with Gasteiger partial charge in [0.15, 0.2) is 0 Å². The lowest BCUT2D eigenvalue weighted by atomic mass is 10.1. The fourth-order valence-corrected chi connectivity index (χ4v) is 2.01. The average Bonchev–Trinajstić information content (AvgIpc) is 2.84. The summed E-state index contributed by atoms with van der Waals surface area (Å²) in [7, 11) is 1.42. The summed E-state index contributed by atoms with van der Waals surface area (Å²) in [5, 5.41) is 15.2. The Kier molecular flexibility index (Phi) is 4.16. The second-order valence-electron chi connectivity index (χ2n) is 3.71. The molecule has 0 spiro atoms. The largest absolute Gasteiger partial charge is 0.496 e. The number of nitrogens with one attached hydrogen (secondary N) is 1. The highest BCUT2D eigenvalue weighted by Crippen LogP contribution is 2.20. The van der Waals surface area contributed by atoms with E-state index >= 15 is 0 Å². The summed E-state index contributed by atoms with van der Waals surface area (Å²) >= 11 is 1.34. The Morgan fingerprint density at radius 2 is 2.40 bits per heavy atom. The Morgan fingerprint density at radius 1 is 1.60 bits per heavy atom. The Bertz CT molecular complexity index is 654. The first kappa shape index (κ1) is 13.8. The molecule has 1 heterocycles. The zero-order valence-corrected chi connectivity index (χ0v) is 11.3. The maximum Gasteiger partial charge on any atom is 0.339 e. The molecule has 0 amide bonds. The number of hydrogen-bond acceptors (Lipinski definition) is 7. The molecule has 1 aromatic heterocycles. The van der Waals surface area contributed by atoms with Gasteiger partial charge in [-0.2, -0.15) is 5.10 Å². The normalized spacial score (nSPS) is 10.7. The molecule has 1 aromatic carbocycles. The van der Waals surface area contributed by atoms with Crippen LogP contribution in [0.1, 0.15) is 15.9 Å². The number of hydrazone groups is 1. The second-order valence-corrected chi connectivity index (χ2v) is 4.57. The van der Waals surface area contributed by atoms with Gasteiger partial charge in [-0.05, 0) is 17.7 Å². The van der Waals surface area contributed by atoms with Crippen LogP contribution in [0.2, 0.25) is 0 Å². The predicted octanol–water partition coefficient (Wildman–Crippen LogP) is 1.88. The number of nitrogens with two attached hydrogens (primary N) is 1. The third kappa shape index (κ3) is 3.23. The van der Waals surface area contributed by atoms with Crippen molar-refractivity contribution in [3.63, 3.8) is 0 Å². The van der Waals surface area contributed by atoms with Crippen molar-refractivity contribution in [1.82, 2.24) is 4.98 Å². The number of nitrogen functional groups attached to an aromatic ring is 1. The summed E-state index contributed by atoms with van der Waals surface area (Å²) in [5.41, 5.74) is 9.01. The molecule has 0 aliphatic rings. The van der Waals surface area contributed by atoms with Crippen LogP contribution >= 0.6 is 11.3 Å². The molecule has 0 unspecified atom stereocenters. The van der Waals surface area contributed by atoms with Gasteiger partial charge in [0.25, 0.3) is 0 Å². The van der Waals surface area contributed by atoms with E-state index in [0.29, 0.717) is 16.5 Å². The number of carboxylic acids is 1. The van der Waals surface area contributed by atoms with Gasteiger partial charge in [0.1, 0.15) is 17.1 Å². The molecule has 0 saturated heterocycles. The minimum absolute atomic E-state index is 0.102. The molecular weight excluding hydrogens is 280 g/mol. The van der Waals surface area contributed by atoms with E-state index in [0.717, 1.165) is 0 Å². The lowest BCUT2D eigenvalue weighted by Gasteiger charge is -2.05. The first-order valence-electron chi connectivity index (χ1n) is 5.51. The molecule has 8 heteroatoms. The van der Waals surface area contributed by atoms with Crippen molar-refractivity contribution in [2.75, 3.05) is 18.3 Å². The number of benzene rings is 1. The fraction of sp³-hybridized carbons (Fsp3) is 0.0833. The highest BCUT2D eigenvalue weighted by Gasteiger charge is 2.10. The molecular formula is C12H12N4O3S. The summed E-state index contributed by atoms with van der Waals surface area (Å²) in [5.74, 6) is -0.332. The van der Waals surface area contributed by atoms with Gasteiger partial charge >= 0.3 is 5.97 Å². The number of methoxy groups -OCH3 is 1. The number of aromatic carboxylic acids is 1. The van der Waals surface area contributed by atoms with Crippen molar-refractivity contribution in [2.45, 2.75) is 0 Å². The zero-order chi connectivity index (χ0) is 14.5. The average molecular weight is 292 g/mol. The molecule has 20 heavy (non-hydrogen) atoms. The van der Waals surface area contributed by atoms with Crippen LogP contribution in [0, 0.1) is 0 Å². The van der Waals surface area contributed by atoms with E-state index in [9.17, 15) is 4.79 Å². The van der Waals surface area contributed by atoms with Gasteiger partial charge in [0.05, 0.1) is 13.3 Å². The van der Waals surface area contributed by atoms with Gasteiger partial charge in [-0.3, -0.25) is 5.43 Å². The van der Waals surface area contributed by atoms with Gasteiger partial charge in [-0.15, -0.1) is 11.3 Å². The van der Waals surface area contributed by atoms with Crippen molar-refractivity contribution in [3.8, 4) is 5.75 Å². The van der Waals surface area contributed by atoms with Crippen LogP contribution in [0.5, 0.6) is 5.75 Å². The van der Waals surface area contributed by atoms with Crippen LogP contribution in [0.15, 0.2) is 28.7 Å². The topological polar surface area (TPSA) is 110 Å². The molecule has 2 aromatic rings. The molecule has 0 atom stereocenters. The highest BCUT2D eigenvalue weighted by atomic mass is 32.1. The number of carbonyl (C=O) groups is 1. The van der Waals surface area contributed by atoms with Crippen LogP contribution < -0.4 is 15.9 Å². The van der Waals surface area contributed by atoms with Gasteiger partial charge in [0, 0.05) is 5.38 Å². The number of ether oxygens (including phenoxy) is 1. The van der Waals surface area contributed by atoms with Gasteiger partial charge in [-0.25, -0.2) is 9.78 Å². The van der Waals surface area contributed by atoms with Crippen molar-refractivity contribution < 1.29 is 14.6 Å². The zero-order valence-electron chi connectivity index (χ0n) is 10.5. The van der Waals surface area contributed by atoms with Gasteiger partial charge in [-0.1, -0.05) is 6.07 Å². The molecule has 0 bridgehead atoms. The van der Waals surface area contributed by atoms with E-state index in [4.69, 9.17) is 15.6 Å². The number of thiazole rings is 1. The summed E-state index contributed by atoms with van der Waals surface area (Å²) in [6.45, 7) is 0. The van der Waals surface area contributed by atoms with E-state index in [1.165, 1.54) is 30.7 Å². The Hall–Kier alpha value is -2.61. The number of carboxylic acid groups (broad SMARTS) is 1. The van der Waals surface area contributed by atoms with Crippen molar-refractivity contribution in [2.24, 2.45) is 5.10 Å². The second kappa shape index (κ2) is 6.02. The Labute approximate surface area is 118 Å². The van der Waals surface area contributed by atoms with Crippen LogP contribution in [0.4, 0.5) is 10.9 Å². The van der Waals surface area contributed by atoms with E-state index in [1.807, 2.05) is 0 Å². The van der Waals surface area contributed by atoms with Crippen LogP contribution in [-0.2, 0) is 0 Å². The number of rotatable bonds is 5. The minimum atomic E-state index is -1.04. The molecule has 0 aliphatic carbocycles. The SMILES string of the molecule is COc1cc(C=NNc2nc(N)cs2)ccc1C(=O)O. The molecule has 7 nitrogen and oxygen atoms in total. The standard InChI is InChI=1S/C12H12N4O3S/c1-19-9-4-7(2-3-8(9)11(17)18)5-14-16-12-15-10(13)6-20-12/h2-6H,13H2,1H3,(H,15,16)(H,17,18).